The summed E-state index contributed by atoms with van der Waals surface area (Å²) in [5.74, 6) is -0.189. The van der Waals surface area contributed by atoms with Gasteiger partial charge in [0.05, 0.1) is 6.42 Å². The molecule has 3 nitrogen and oxygen atoms in total. The van der Waals surface area contributed by atoms with Gasteiger partial charge in [0.2, 0.25) is 0 Å². The molecule has 1 unspecified atom stereocenters. The monoisotopic (exact) mass is 168 g/mol. The van der Waals surface area contributed by atoms with Gasteiger partial charge < -0.3 is 4.74 Å². The number of carbonyl (C=O) groups is 2. The number of esters is 1. The zero-order chi connectivity index (χ0) is 8.97. The highest BCUT2D eigenvalue weighted by Gasteiger charge is 2.18. The van der Waals surface area contributed by atoms with E-state index in [2.05, 4.69) is 0 Å². The van der Waals surface area contributed by atoms with Crippen LogP contribution in [0.2, 0.25) is 0 Å². The van der Waals surface area contributed by atoms with E-state index in [0.717, 1.165) is 6.42 Å². The molecule has 0 aromatic carbocycles. The van der Waals surface area contributed by atoms with Gasteiger partial charge in [0.1, 0.15) is 6.10 Å². The van der Waals surface area contributed by atoms with Crippen LogP contribution in [0.15, 0.2) is 12.2 Å². The summed E-state index contributed by atoms with van der Waals surface area (Å²) < 4.78 is 4.98. The lowest BCUT2D eigenvalue weighted by molar-refractivity contribution is -0.147. The Kier molecular flexibility index (Phi) is 3.02. The van der Waals surface area contributed by atoms with Crippen molar-refractivity contribution in [1.82, 2.24) is 0 Å². The van der Waals surface area contributed by atoms with Crippen molar-refractivity contribution in [2.24, 2.45) is 0 Å². The van der Waals surface area contributed by atoms with Gasteiger partial charge in [0.15, 0.2) is 5.78 Å². The minimum Gasteiger partial charge on any atom is -0.458 e. The van der Waals surface area contributed by atoms with Crippen molar-refractivity contribution in [3.8, 4) is 0 Å². The van der Waals surface area contributed by atoms with Crippen molar-refractivity contribution in [2.75, 3.05) is 0 Å². The summed E-state index contributed by atoms with van der Waals surface area (Å²) in [6.07, 6.45) is 4.31. The molecule has 1 rings (SSSR count). The minimum absolute atomic E-state index is 0.0318. The van der Waals surface area contributed by atoms with E-state index < -0.39 is 0 Å². The summed E-state index contributed by atoms with van der Waals surface area (Å²) in [7, 11) is 0. The maximum atomic E-state index is 10.9. The Hall–Kier alpha value is -1.12. The summed E-state index contributed by atoms with van der Waals surface area (Å²) in [5, 5.41) is 0. The number of hydrogen-bond donors (Lipinski definition) is 0. The van der Waals surface area contributed by atoms with E-state index in [1.165, 1.54) is 6.08 Å². The topological polar surface area (TPSA) is 43.4 Å². The first-order valence-corrected chi connectivity index (χ1v) is 4.13. The summed E-state index contributed by atoms with van der Waals surface area (Å²) in [4.78, 5) is 21.7. The third-order valence-electron chi connectivity index (χ3n) is 1.64. The molecular formula is C9H12O3. The molecule has 0 N–H and O–H groups in total. The first-order chi connectivity index (χ1) is 5.72. The molecule has 0 amide bonds. The quantitative estimate of drug-likeness (QED) is 0.595. The van der Waals surface area contributed by atoms with E-state index in [9.17, 15) is 9.59 Å². The Morgan fingerprint density at radius 3 is 3.00 bits per heavy atom. The molecule has 66 valence electrons. The Morgan fingerprint density at radius 1 is 1.75 bits per heavy atom. The molecule has 0 saturated carbocycles. The molecule has 3 heteroatoms. The summed E-state index contributed by atoms with van der Waals surface area (Å²) >= 11 is 0. The SMILES string of the molecule is CCCC(=O)OC1C=CC(=O)C1. The highest BCUT2D eigenvalue weighted by Crippen LogP contribution is 2.11. The number of carbonyl (C=O) groups excluding carboxylic acids is 2. The fourth-order valence-corrected chi connectivity index (χ4v) is 1.06. The normalized spacial score (nSPS) is 21.4. The average Bonchev–Trinajstić information content (AvgIpc) is 2.36. The van der Waals surface area contributed by atoms with Crippen LogP contribution in [0.1, 0.15) is 26.2 Å². The number of ether oxygens (including phenoxy) is 1. The van der Waals surface area contributed by atoms with Crippen LogP contribution in [0.5, 0.6) is 0 Å². The molecule has 12 heavy (non-hydrogen) atoms. The molecule has 0 bridgehead atoms. The standard InChI is InChI=1S/C9H12O3/c1-2-3-9(11)12-8-5-4-7(10)6-8/h4-5,8H,2-3,6H2,1H3. The van der Waals surface area contributed by atoms with Crippen molar-refractivity contribution in [1.29, 1.82) is 0 Å². The largest absolute Gasteiger partial charge is 0.458 e. The number of hydrogen-bond acceptors (Lipinski definition) is 3. The van der Waals surface area contributed by atoms with E-state index >= 15 is 0 Å². The predicted molar refractivity (Wildman–Crippen MR) is 43.6 cm³/mol. The molecule has 1 aliphatic carbocycles. The van der Waals surface area contributed by atoms with Crippen LogP contribution in [-0.2, 0) is 14.3 Å². The van der Waals surface area contributed by atoms with Crippen LogP contribution in [0.25, 0.3) is 0 Å². The van der Waals surface area contributed by atoms with E-state index in [1.54, 1.807) is 6.08 Å². The molecule has 0 saturated heterocycles. The molecular weight excluding hydrogens is 156 g/mol. The van der Waals surface area contributed by atoms with Gasteiger partial charge in [0, 0.05) is 6.42 Å². The first kappa shape index (κ1) is 8.97. The van der Waals surface area contributed by atoms with Crippen molar-refractivity contribution < 1.29 is 14.3 Å². The zero-order valence-corrected chi connectivity index (χ0v) is 7.08. The lowest BCUT2D eigenvalue weighted by atomic mass is 10.3. The van der Waals surface area contributed by atoms with E-state index in [1.807, 2.05) is 6.92 Å². The smallest absolute Gasteiger partial charge is 0.306 e. The zero-order valence-electron chi connectivity index (χ0n) is 7.08. The van der Waals surface area contributed by atoms with E-state index in [4.69, 9.17) is 4.74 Å². The van der Waals surface area contributed by atoms with Crippen LogP contribution in [0.4, 0.5) is 0 Å². The second-order valence-electron chi connectivity index (χ2n) is 2.81. The molecule has 0 heterocycles. The second-order valence-corrected chi connectivity index (χ2v) is 2.81. The third-order valence-corrected chi connectivity index (χ3v) is 1.64. The van der Waals surface area contributed by atoms with Gasteiger partial charge in [-0.1, -0.05) is 6.92 Å². The fourth-order valence-electron chi connectivity index (χ4n) is 1.06. The summed E-state index contributed by atoms with van der Waals surface area (Å²) in [6.45, 7) is 1.91. The van der Waals surface area contributed by atoms with Crippen LogP contribution in [0.3, 0.4) is 0 Å². The average molecular weight is 168 g/mol. The highest BCUT2D eigenvalue weighted by atomic mass is 16.5. The van der Waals surface area contributed by atoms with E-state index in [0.29, 0.717) is 12.8 Å². The lowest BCUT2D eigenvalue weighted by Gasteiger charge is -2.07. The predicted octanol–water partition coefficient (Wildman–Crippen LogP) is 1.23. The van der Waals surface area contributed by atoms with Crippen molar-refractivity contribution in [2.45, 2.75) is 32.3 Å². The molecule has 0 fully saturated rings. The molecule has 0 radical (unpaired) electrons. The fraction of sp³-hybridized carbons (Fsp3) is 0.556. The summed E-state index contributed by atoms with van der Waals surface area (Å²) in [6, 6.07) is 0. The van der Waals surface area contributed by atoms with Gasteiger partial charge in [0.25, 0.3) is 0 Å². The van der Waals surface area contributed by atoms with Crippen LogP contribution < -0.4 is 0 Å². The Morgan fingerprint density at radius 2 is 2.50 bits per heavy atom. The van der Waals surface area contributed by atoms with Crippen LogP contribution >= 0.6 is 0 Å². The van der Waals surface area contributed by atoms with Gasteiger partial charge in [-0.3, -0.25) is 9.59 Å². The van der Waals surface area contributed by atoms with Crippen molar-refractivity contribution >= 4 is 11.8 Å². The van der Waals surface area contributed by atoms with Crippen molar-refractivity contribution in [3.05, 3.63) is 12.2 Å². The van der Waals surface area contributed by atoms with Crippen LogP contribution in [-0.4, -0.2) is 17.9 Å². The maximum absolute atomic E-state index is 10.9. The Bertz CT molecular complexity index is 218. The van der Waals surface area contributed by atoms with Crippen molar-refractivity contribution in [3.63, 3.8) is 0 Å². The van der Waals surface area contributed by atoms with Crippen LogP contribution in [0, 0.1) is 0 Å². The van der Waals surface area contributed by atoms with Gasteiger partial charge in [-0.15, -0.1) is 0 Å². The molecule has 0 aromatic heterocycles. The molecule has 0 aromatic rings. The maximum Gasteiger partial charge on any atom is 0.306 e. The minimum atomic E-state index is -0.309. The van der Waals surface area contributed by atoms with Gasteiger partial charge in [-0.25, -0.2) is 0 Å². The first-order valence-electron chi connectivity index (χ1n) is 4.13. The molecule has 0 aliphatic heterocycles. The molecule has 0 spiro atoms. The van der Waals surface area contributed by atoms with Gasteiger partial charge in [-0.05, 0) is 18.6 Å². The Labute approximate surface area is 71.4 Å². The van der Waals surface area contributed by atoms with E-state index in [-0.39, 0.29) is 17.9 Å². The molecule has 1 atom stereocenters. The summed E-state index contributed by atoms with van der Waals surface area (Å²) in [5.41, 5.74) is 0. The Balaban J connectivity index is 2.28. The third kappa shape index (κ3) is 2.49. The van der Waals surface area contributed by atoms with Gasteiger partial charge >= 0.3 is 5.97 Å². The lowest BCUT2D eigenvalue weighted by Crippen LogP contribution is -2.14. The second kappa shape index (κ2) is 4.04. The molecule has 1 aliphatic rings. The van der Waals surface area contributed by atoms with Gasteiger partial charge in [-0.2, -0.15) is 0 Å². The number of ketones is 1. The number of allylic oxidation sites excluding steroid dienone is 1. The number of rotatable bonds is 3. The highest BCUT2D eigenvalue weighted by molar-refractivity contribution is 5.93.